The van der Waals surface area contributed by atoms with Gasteiger partial charge in [-0.15, -0.1) is 0 Å². The third-order valence-corrected chi connectivity index (χ3v) is 6.88. The molecular weight excluding hydrogens is 444 g/mol. The zero-order chi connectivity index (χ0) is 23.8. The quantitative estimate of drug-likeness (QED) is 0.564. The SMILES string of the molecule is CCCc1nn(C)c2c(=O)[nH]c(-c3cc(S(=O)(=O)N4C=CN(C)C=C4)ccc3OCC)nc12. The second-order valence-electron chi connectivity index (χ2n) is 7.62. The van der Waals surface area contributed by atoms with Crippen LogP contribution in [0.2, 0.25) is 0 Å². The first-order valence-corrected chi connectivity index (χ1v) is 12.1. The van der Waals surface area contributed by atoms with Crippen LogP contribution in [0.1, 0.15) is 26.0 Å². The molecule has 1 N–H and O–H groups in total. The minimum absolute atomic E-state index is 0.0440. The maximum absolute atomic E-state index is 13.2. The Morgan fingerprint density at radius 1 is 1.09 bits per heavy atom. The highest BCUT2D eigenvalue weighted by Gasteiger charge is 2.24. The predicted octanol–water partition coefficient (Wildman–Crippen LogP) is 2.55. The average molecular weight is 471 g/mol. The summed E-state index contributed by atoms with van der Waals surface area (Å²) in [7, 11) is -0.368. The molecule has 11 heteroatoms. The molecule has 0 aliphatic carbocycles. The molecule has 3 heterocycles. The van der Waals surface area contributed by atoms with Crippen molar-refractivity contribution in [3.05, 3.63) is 59.0 Å². The van der Waals surface area contributed by atoms with Crippen LogP contribution in [0.25, 0.3) is 22.4 Å². The van der Waals surface area contributed by atoms with Crippen LogP contribution in [0.3, 0.4) is 0 Å². The van der Waals surface area contributed by atoms with E-state index in [1.54, 1.807) is 37.5 Å². The van der Waals surface area contributed by atoms with Gasteiger partial charge in [-0.2, -0.15) is 5.10 Å². The Morgan fingerprint density at radius 3 is 2.48 bits per heavy atom. The lowest BCUT2D eigenvalue weighted by Crippen LogP contribution is -2.24. The fourth-order valence-corrected chi connectivity index (χ4v) is 4.82. The molecule has 4 rings (SSSR count). The number of aromatic amines is 1. The second-order valence-corrected chi connectivity index (χ2v) is 9.46. The van der Waals surface area contributed by atoms with Crippen LogP contribution in [0.5, 0.6) is 5.75 Å². The van der Waals surface area contributed by atoms with Crippen molar-refractivity contribution in [2.75, 3.05) is 13.7 Å². The number of nitrogens with zero attached hydrogens (tertiary/aromatic N) is 5. The van der Waals surface area contributed by atoms with Gasteiger partial charge in [0.05, 0.1) is 22.8 Å². The van der Waals surface area contributed by atoms with Crippen LogP contribution in [0.4, 0.5) is 0 Å². The molecule has 0 amide bonds. The number of hydrogen-bond donors (Lipinski definition) is 1. The normalized spacial score (nSPS) is 13.8. The Bertz CT molecular complexity index is 1410. The number of hydrogen-bond acceptors (Lipinski definition) is 7. The molecule has 0 unspecified atom stereocenters. The van der Waals surface area contributed by atoms with Gasteiger partial charge in [-0.05, 0) is 31.5 Å². The highest BCUT2D eigenvalue weighted by molar-refractivity contribution is 7.89. The average Bonchev–Trinajstić information content (AvgIpc) is 3.10. The summed E-state index contributed by atoms with van der Waals surface area (Å²) < 4.78 is 34.8. The van der Waals surface area contributed by atoms with Crippen LogP contribution >= 0.6 is 0 Å². The van der Waals surface area contributed by atoms with Crippen molar-refractivity contribution in [2.24, 2.45) is 7.05 Å². The maximum Gasteiger partial charge on any atom is 0.277 e. The number of fused-ring (bicyclic) bond motifs is 1. The summed E-state index contributed by atoms with van der Waals surface area (Å²) in [5, 5.41) is 4.44. The standard InChI is InChI=1S/C22H26N6O4S/c1-5-7-17-19-20(27(4)25-17)22(29)24-21(23-19)16-14-15(8-9-18(16)32-6-2)33(30,31)28-12-10-26(3)11-13-28/h8-14H,5-7H2,1-4H3,(H,23,24,29). The number of nitrogens with one attached hydrogen (secondary N) is 1. The van der Waals surface area contributed by atoms with E-state index in [-0.39, 0.29) is 16.3 Å². The monoisotopic (exact) mass is 470 g/mol. The number of benzene rings is 1. The largest absolute Gasteiger partial charge is 0.493 e. The highest BCUT2D eigenvalue weighted by Crippen LogP contribution is 2.32. The molecule has 174 valence electrons. The number of rotatable bonds is 7. The fourth-order valence-electron chi connectivity index (χ4n) is 3.64. The molecule has 10 nitrogen and oxygen atoms in total. The molecule has 0 bridgehead atoms. The first kappa shape index (κ1) is 22.6. The first-order chi connectivity index (χ1) is 15.8. The van der Waals surface area contributed by atoms with Crippen LogP contribution in [0.15, 0.2) is 52.7 Å². The molecule has 1 aliphatic rings. The van der Waals surface area contributed by atoms with E-state index in [9.17, 15) is 13.2 Å². The van der Waals surface area contributed by atoms with E-state index in [4.69, 9.17) is 4.74 Å². The van der Waals surface area contributed by atoms with Crippen LogP contribution < -0.4 is 10.3 Å². The van der Waals surface area contributed by atoms with E-state index < -0.39 is 10.0 Å². The minimum atomic E-state index is -3.87. The van der Waals surface area contributed by atoms with Gasteiger partial charge in [-0.3, -0.25) is 9.48 Å². The second kappa shape index (κ2) is 8.74. The molecule has 0 saturated carbocycles. The lowest BCUT2D eigenvalue weighted by molar-refractivity contribution is 0.341. The molecule has 1 aromatic carbocycles. The van der Waals surface area contributed by atoms with Gasteiger partial charge in [0.1, 0.15) is 17.1 Å². The molecule has 1 aliphatic heterocycles. The highest BCUT2D eigenvalue weighted by atomic mass is 32.2. The predicted molar refractivity (Wildman–Crippen MR) is 125 cm³/mol. The molecule has 2 aromatic heterocycles. The van der Waals surface area contributed by atoms with Crippen LogP contribution in [-0.2, 0) is 23.5 Å². The number of sulfonamides is 1. The molecule has 33 heavy (non-hydrogen) atoms. The lowest BCUT2D eigenvalue weighted by atomic mass is 10.1. The smallest absolute Gasteiger partial charge is 0.277 e. The lowest BCUT2D eigenvalue weighted by Gasteiger charge is -2.22. The Hall–Kier alpha value is -3.60. The van der Waals surface area contributed by atoms with Gasteiger partial charge in [-0.1, -0.05) is 13.3 Å². The van der Waals surface area contributed by atoms with Crippen molar-refractivity contribution >= 4 is 21.1 Å². The molecule has 0 fully saturated rings. The van der Waals surface area contributed by atoms with Gasteiger partial charge in [0.25, 0.3) is 15.6 Å². The summed E-state index contributed by atoms with van der Waals surface area (Å²) >= 11 is 0. The van der Waals surface area contributed by atoms with Gasteiger partial charge in [-0.25, -0.2) is 17.7 Å². The number of aromatic nitrogens is 4. The summed E-state index contributed by atoms with van der Waals surface area (Å²) in [6.07, 6.45) is 7.71. The van der Waals surface area contributed by atoms with Crippen molar-refractivity contribution < 1.29 is 13.2 Å². The zero-order valence-corrected chi connectivity index (χ0v) is 19.8. The Labute approximate surface area is 191 Å². The summed E-state index contributed by atoms with van der Waals surface area (Å²) in [6, 6.07) is 4.53. The van der Waals surface area contributed by atoms with E-state index in [1.807, 2.05) is 13.8 Å². The molecular formula is C22H26N6O4S. The van der Waals surface area contributed by atoms with Gasteiger partial charge in [0.2, 0.25) is 0 Å². The number of aryl methyl sites for hydroxylation is 2. The van der Waals surface area contributed by atoms with Gasteiger partial charge in [0.15, 0.2) is 5.52 Å². The number of H-pyrrole nitrogens is 1. The van der Waals surface area contributed by atoms with Gasteiger partial charge in [0, 0.05) is 38.9 Å². The summed E-state index contributed by atoms with van der Waals surface area (Å²) in [5.41, 5.74) is 1.62. The Balaban J connectivity index is 1.89. The van der Waals surface area contributed by atoms with Crippen LogP contribution in [0, 0.1) is 0 Å². The molecule has 0 spiro atoms. The summed E-state index contributed by atoms with van der Waals surface area (Å²) in [6.45, 7) is 4.22. The summed E-state index contributed by atoms with van der Waals surface area (Å²) in [4.78, 5) is 22.1. The molecule has 3 aromatic rings. The van der Waals surface area contributed by atoms with Crippen molar-refractivity contribution in [3.63, 3.8) is 0 Å². The van der Waals surface area contributed by atoms with E-state index in [0.717, 1.165) is 16.4 Å². The maximum atomic E-state index is 13.2. The van der Waals surface area contributed by atoms with E-state index in [1.165, 1.54) is 29.2 Å². The van der Waals surface area contributed by atoms with Crippen molar-refractivity contribution in [3.8, 4) is 17.1 Å². The Kier molecular flexibility index (Phi) is 5.98. The van der Waals surface area contributed by atoms with E-state index >= 15 is 0 Å². The molecule has 0 radical (unpaired) electrons. The summed E-state index contributed by atoms with van der Waals surface area (Å²) in [5.74, 6) is 0.646. The van der Waals surface area contributed by atoms with Crippen molar-refractivity contribution in [1.82, 2.24) is 29.0 Å². The molecule has 0 saturated heterocycles. The van der Waals surface area contributed by atoms with Crippen LogP contribution in [-0.4, -0.2) is 51.0 Å². The topological polar surface area (TPSA) is 113 Å². The third-order valence-electron chi connectivity index (χ3n) is 5.23. The van der Waals surface area contributed by atoms with E-state index in [0.29, 0.717) is 35.4 Å². The zero-order valence-electron chi connectivity index (χ0n) is 18.9. The van der Waals surface area contributed by atoms with E-state index in [2.05, 4.69) is 15.1 Å². The minimum Gasteiger partial charge on any atom is -0.493 e. The fraction of sp³-hybridized carbons (Fsp3) is 0.318. The third kappa shape index (κ3) is 4.11. The van der Waals surface area contributed by atoms with Crippen molar-refractivity contribution in [2.45, 2.75) is 31.6 Å². The first-order valence-electron chi connectivity index (χ1n) is 10.6. The van der Waals surface area contributed by atoms with Gasteiger partial charge < -0.3 is 14.6 Å². The van der Waals surface area contributed by atoms with Gasteiger partial charge >= 0.3 is 0 Å². The number of ether oxygens (including phenoxy) is 1. The molecule has 0 atom stereocenters. The van der Waals surface area contributed by atoms with Crippen molar-refractivity contribution in [1.29, 1.82) is 0 Å². The Morgan fingerprint density at radius 2 is 1.82 bits per heavy atom.